The molecule has 0 aliphatic heterocycles. The molecule has 1 aromatic heterocycles. The molecule has 0 aliphatic carbocycles. The van der Waals surface area contributed by atoms with Crippen molar-refractivity contribution in [2.75, 3.05) is 26.0 Å². The molecule has 0 saturated heterocycles. The van der Waals surface area contributed by atoms with Crippen LogP contribution in [0.25, 0.3) is 0 Å². The van der Waals surface area contributed by atoms with Crippen molar-refractivity contribution in [3.63, 3.8) is 0 Å². The van der Waals surface area contributed by atoms with Gasteiger partial charge in [0.05, 0.1) is 4.90 Å². The van der Waals surface area contributed by atoms with Crippen molar-refractivity contribution in [1.82, 2.24) is 4.31 Å². The van der Waals surface area contributed by atoms with Crippen LogP contribution in [0.3, 0.4) is 0 Å². The van der Waals surface area contributed by atoms with Crippen LogP contribution in [0.15, 0.2) is 46.7 Å². The highest BCUT2D eigenvalue weighted by Crippen LogP contribution is 2.16. The average Bonchev–Trinajstić information content (AvgIpc) is 3.14. The zero-order valence-electron chi connectivity index (χ0n) is 15.2. The van der Waals surface area contributed by atoms with Crippen LogP contribution in [-0.4, -0.2) is 45.3 Å². The van der Waals surface area contributed by atoms with Crippen LogP contribution in [-0.2, 0) is 30.8 Å². The summed E-state index contributed by atoms with van der Waals surface area (Å²) in [6, 6.07) is 9.75. The van der Waals surface area contributed by atoms with Crippen LogP contribution in [0.5, 0.6) is 0 Å². The Morgan fingerprint density at radius 2 is 1.85 bits per heavy atom. The van der Waals surface area contributed by atoms with Gasteiger partial charge in [-0.1, -0.05) is 6.07 Å². The zero-order valence-corrected chi connectivity index (χ0v) is 16.8. The molecule has 0 aliphatic rings. The predicted molar refractivity (Wildman–Crippen MR) is 104 cm³/mol. The standard InChI is InChI=1S/C18H22N2O5S2/c1-20(2)27(23,24)16-10-8-14(9-11-16)19-17(21)13-25-18(22)7-3-5-15-6-4-12-26-15/h4,6,8-12H,3,5,7,13H2,1-2H3,(H,19,21). The van der Waals surface area contributed by atoms with Crippen molar-refractivity contribution in [2.24, 2.45) is 0 Å². The molecule has 2 rings (SSSR count). The van der Waals surface area contributed by atoms with E-state index in [2.05, 4.69) is 5.32 Å². The summed E-state index contributed by atoms with van der Waals surface area (Å²) in [6.45, 7) is -0.379. The summed E-state index contributed by atoms with van der Waals surface area (Å²) >= 11 is 1.64. The molecule has 0 radical (unpaired) electrons. The maximum Gasteiger partial charge on any atom is 0.306 e. The summed E-state index contributed by atoms with van der Waals surface area (Å²) in [7, 11) is -0.628. The molecular formula is C18H22N2O5S2. The second-order valence-electron chi connectivity index (χ2n) is 5.95. The first-order valence-corrected chi connectivity index (χ1v) is 10.6. The van der Waals surface area contributed by atoms with Crippen LogP contribution in [0.1, 0.15) is 17.7 Å². The van der Waals surface area contributed by atoms with Crippen LogP contribution in [0.4, 0.5) is 5.69 Å². The van der Waals surface area contributed by atoms with E-state index in [4.69, 9.17) is 4.74 Å². The number of carbonyl (C=O) groups excluding carboxylic acids is 2. The van der Waals surface area contributed by atoms with Gasteiger partial charge in [0.15, 0.2) is 6.61 Å². The predicted octanol–water partition coefficient (Wildman–Crippen LogP) is 2.50. The lowest BCUT2D eigenvalue weighted by atomic mass is 10.2. The summed E-state index contributed by atoms with van der Waals surface area (Å²) in [6.07, 6.45) is 1.73. The van der Waals surface area contributed by atoms with Crippen molar-refractivity contribution >= 4 is 38.9 Å². The molecule has 1 heterocycles. The van der Waals surface area contributed by atoms with Gasteiger partial charge in [0, 0.05) is 31.1 Å². The van der Waals surface area contributed by atoms with Gasteiger partial charge in [0.2, 0.25) is 10.0 Å². The van der Waals surface area contributed by atoms with Gasteiger partial charge in [0.25, 0.3) is 5.91 Å². The number of rotatable bonds is 9. The van der Waals surface area contributed by atoms with E-state index in [0.717, 1.165) is 10.7 Å². The largest absolute Gasteiger partial charge is 0.456 e. The fraction of sp³-hybridized carbons (Fsp3) is 0.333. The first-order valence-electron chi connectivity index (χ1n) is 8.29. The van der Waals surface area contributed by atoms with Gasteiger partial charge in [-0.05, 0) is 48.6 Å². The Balaban J connectivity index is 1.74. The number of hydrogen-bond acceptors (Lipinski definition) is 6. The van der Waals surface area contributed by atoms with E-state index in [1.807, 2.05) is 17.5 Å². The maximum absolute atomic E-state index is 12.0. The van der Waals surface area contributed by atoms with E-state index in [-0.39, 0.29) is 17.9 Å². The molecule has 2 aromatic rings. The molecular weight excluding hydrogens is 388 g/mol. The lowest BCUT2D eigenvalue weighted by Crippen LogP contribution is -2.22. The minimum atomic E-state index is -3.52. The number of amides is 1. The van der Waals surface area contributed by atoms with E-state index in [1.54, 1.807) is 11.3 Å². The molecule has 9 heteroatoms. The number of aryl methyl sites for hydroxylation is 1. The van der Waals surface area contributed by atoms with Crippen LogP contribution in [0.2, 0.25) is 0 Å². The van der Waals surface area contributed by atoms with Crippen molar-refractivity contribution in [1.29, 1.82) is 0 Å². The van der Waals surface area contributed by atoms with Gasteiger partial charge in [-0.2, -0.15) is 0 Å². The molecule has 0 unspecified atom stereocenters. The number of benzene rings is 1. The summed E-state index contributed by atoms with van der Waals surface area (Å²) in [4.78, 5) is 24.9. The summed E-state index contributed by atoms with van der Waals surface area (Å²) in [5, 5.41) is 4.55. The molecule has 146 valence electrons. The second-order valence-corrected chi connectivity index (χ2v) is 9.14. The van der Waals surface area contributed by atoms with E-state index >= 15 is 0 Å². The van der Waals surface area contributed by atoms with Crippen molar-refractivity contribution in [3.05, 3.63) is 46.7 Å². The van der Waals surface area contributed by atoms with Gasteiger partial charge in [-0.25, -0.2) is 12.7 Å². The SMILES string of the molecule is CN(C)S(=O)(=O)c1ccc(NC(=O)COC(=O)CCCc2cccs2)cc1. The van der Waals surface area contributed by atoms with Crippen LogP contribution >= 0.6 is 11.3 Å². The van der Waals surface area contributed by atoms with Gasteiger partial charge in [-0.15, -0.1) is 11.3 Å². The number of carbonyl (C=O) groups is 2. The third-order valence-electron chi connectivity index (χ3n) is 3.67. The lowest BCUT2D eigenvalue weighted by Gasteiger charge is -2.12. The monoisotopic (exact) mass is 410 g/mol. The highest BCUT2D eigenvalue weighted by atomic mass is 32.2. The maximum atomic E-state index is 12.0. The molecule has 0 fully saturated rings. The first-order chi connectivity index (χ1) is 12.8. The van der Waals surface area contributed by atoms with Crippen molar-refractivity contribution in [3.8, 4) is 0 Å². The summed E-state index contributed by atoms with van der Waals surface area (Å²) in [5.74, 6) is -0.904. The van der Waals surface area contributed by atoms with Crippen molar-refractivity contribution < 1.29 is 22.7 Å². The molecule has 1 aromatic carbocycles. The Morgan fingerprint density at radius 1 is 1.15 bits per heavy atom. The molecule has 1 amide bonds. The van der Waals surface area contributed by atoms with Gasteiger partial charge < -0.3 is 10.1 Å². The highest BCUT2D eigenvalue weighted by Gasteiger charge is 2.17. The van der Waals surface area contributed by atoms with Crippen LogP contribution < -0.4 is 5.32 Å². The fourth-order valence-electron chi connectivity index (χ4n) is 2.20. The number of sulfonamides is 1. The first kappa shape index (κ1) is 21.1. The normalized spacial score (nSPS) is 11.4. The van der Waals surface area contributed by atoms with E-state index in [0.29, 0.717) is 12.1 Å². The number of thiophene rings is 1. The number of nitrogens with one attached hydrogen (secondary N) is 1. The van der Waals surface area contributed by atoms with Crippen LogP contribution in [0, 0.1) is 0 Å². The van der Waals surface area contributed by atoms with E-state index < -0.39 is 21.9 Å². The molecule has 1 N–H and O–H groups in total. The Kier molecular flexibility index (Phi) is 7.52. The minimum absolute atomic E-state index is 0.127. The van der Waals surface area contributed by atoms with E-state index in [1.165, 1.54) is 43.2 Å². The fourth-order valence-corrected chi connectivity index (χ4v) is 3.85. The zero-order chi connectivity index (χ0) is 19.9. The van der Waals surface area contributed by atoms with E-state index in [9.17, 15) is 18.0 Å². The quantitative estimate of drug-likeness (QED) is 0.641. The third-order valence-corrected chi connectivity index (χ3v) is 6.43. The minimum Gasteiger partial charge on any atom is -0.456 e. The smallest absolute Gasteiger partial charge is 0.306 e. The molecule has 7 nitrogen and oxygen atoms in total. The number of esters is 1. The number of hydrogen-bond donors (Lipinski definition) is 1. The second kappa shape index (κ2) is 9.63. The number of nitrogens with zero attached hydrogens (tertiary/aromatic N) is 1. The van der Waals surface area contributed by atoms with Gasteiger partial charge in [0.1, 0.15) is 0 Å². The molecule has 0 saturated carbocycles. The molecule has 0 spiro atoms. The molecule has 27 heavy (non-hydrogen) atoms. The average molecular weight is 411 g/mol. The number of ether oxygens (including phenoxy) is 1. The Bertz CT molecular complexity index is 860. The van der Waals surface area contributed by atoms with Crippen molar-refractivity contribution in [2.45, 2.75) is 24.2 Å². The lowest BCUT2D eigenvalue weighted by molar-refractivity contribution is -0.147. The Hall–Kier alpha value is -2.23. The number of anilines is 1. The topological polar surface area (TPSA) is 92.8 Å². The summed E-state index contributed by atoms with van der Waals surface area (Å²) in [5.41, 5.74) is 0.423. The Labute approximate surface area is 163 Å². The van der Waals surface area contributed by atoms with Gasteiger partial charge >= 0.3 is 5.97 Å². The third kappa shape index (κ3) is 6.46. The summed E-state index contributed by atoms with van der Waals surface area (Å²) < 4.78 is 30.0. The molecule has 0 atom stereocenters. The molecule has 0 bridgehead atoms. The highest BCUT2D eigenvalue weighted by molar-refractivity contribution is 7.89. The Morgan fingerprint density at radius 3 is 2.44 bits per heavy atom. The van der Waals surface area contributed by atoms with Gasteiger partial charge in [-0.3, -0.25) is 9.59 Å².